The van der Waals surface area contributed by atoms with E-state index in [1.807, 2.05) is 6.07 Å². The fourth-order valence-corrected chi connectivity index (χ4v) is 2.06. The molecule has 1 aromatic heterocycles. The molecular formula is C13H17N3O. The van der Waals surface area contributed by atoms with Crippen LogP contribution in [0.4, 0.5) is 0 Å². The minimum Gasteiger partial charge on any atom is -0.477 e. The van der Waals surface area contributed by atoms with Gasteiger partial charge in [-0.3, -0.25) is 0 Å². The van der Waals surface area contributed by atoms with Crippen molar-refractivity contribution in [2.24, 2.45) is 5.73 Å². The first-order valence-electron chi connectivity index (χ1n) is 6.11. The van der Waals surface area contributed by atoms with Gasteiger partial charge in [0, 0.05) is 5.69 Å². The fourth-order valence-electron chi connectivity index (χ4n) is 2.06. The van der Waals surface area contributed by atoms with E-state index in [1.54, 1.807) is 0 Å². The van der Waals surface area contributed by atoms with Crippen molar-refractivity contribution < 1.29 is 4.74 Å². The molecule has 0 saturated heterocycles. The normalized spacial score (nSPS) is 13.9. The quantitative estimate of drug-likeness (QED) is 0.798. The van der Waals surface area contributed by atoms with Crippen LogP contribution in [0.25, 0.3) is 0 Å². The standard InChI is InChI=1S/C13H17N3O/c14-6-3-7-17-13-11(9-15)8-10-4-1-2-5-12(10)16-13/h8H,1-7,14H2. The van der Waals surface area contributed by atoms with Crippen LogP contribution in [-0.4, -0.2) is 18.1 Å². The molecule has 1 aromatic rings. The van der Waals surface area contributed by atoms with Gasteiger partial charge in [0.05, 0.1) is 6.61 Å². The summed E-state index contributed by atoms with van der Waals surface area (Å²) in [5, 5.41) is 9.08. The highest BCUT2D eigenvalue weighted by atomic mass is 16.5. The summed E-state index contributed by atoms with van der Waals surface area (Å²) >= 11 is 0. The van der Waals surface area contributed by atoms with Crippen molar-refractivity contribution in [2.45, 2.75) is 32.1 Å². The lowest BCUT2D eigenvalue weighted by atomic mass is 9.95. The number of nitrogens with two attached hydrogens (primary N) is 1. The van der Waals surface area contributed by atoms with E-state index >= 15 is 0 Å². The molecule has 4 heteroatoms. The smallest absolute Gasteiger partial charge is 0.231 e. The highest BCUT2D eigenvalue weighted by molar-refractivity contribution is 5.43. The molecule has 0 aromatic carbocycles. The summed E-state index contributed by atoms with van der Waals surface area (Å²) in [6.07, 6.45) is 5.17. The first-order valence-corrected chi connectivity index (χ1v) is 6.11. The number of hydrogen-bond acceptors (Lipinski definition) is 4. The van der Waals surface area contributed by atoms with Crippen LogP contribution in [0.2, 0.25) is 0 Å². The topological polar surface area (TPSA) is 71.9 Å². The maximum absolute atomic E-state index is 9.08. The van der Waals surface area contributed by atoms with Crippen molar-refractivity contribution in [1.82, 2.24) is 4.98 Å². The number of rotatable bonds is 4. The van der Waals surface area contributed by atoms with E-state index in [9.17, 15) is 0 Å². The molecule has 1 aliphatic rings. The molecule has 0 amide bonds. The Morgan fingerprint density at radius 3 is 3.00 bits per heavy atom. The maximum Gasteiger partial charge on any atom is 0.231 e. The van der Waals surface area contributed by atoms with Gasteiger partial charge in [-0.15, -0.1) is 0 Å². The molecular weight excluding hydrogens is 214 g/mol. The van der Waals surface area contributed by atoms with Crippen LogP contribution in [0.3, 0.4) is 0 Å². The average molecular weight is 231 g/mol. The minimum absolute atomic E-state index is 0.474. The van der Waals surface area contributed by atoms with Crippen LogP contribution in [0.15, 0.2) is 6.07 Å². The van der Waals surface area contributed by atoms with Crippen LogP contribution in [0, 0.1) is 11.3 Å². The lowest BCUT2D eigenvalue weighted by Crippen LogP contribution is -2.11. The Balaban J connectivity index is 2.21. The maximum atomic E-state index is 9.08. The van der Waals surface area contributed by atoms with Crippen LogP contribution in [0.1, 0.15) is 36.1 Å². The second kappa shape index (κ2) is 5.65. The van der Waals surface area contributed by atoms with E-state index in [2.05, 4.69) is 11.1 Å². The number of nitriles is 1. The SMILES string of the molecule is N#Cc1cc2c(nc1OCCCN)CCCC2. The predicted molar refractivity (Wildman–Crippen MR) is 64.8 cm³/mol. The third kappa shape index (κ3) is 2.75. The molecule has 0 aliphatic heterocycles. The second-order valence-corrected chi connectivity index (χ2v) is 4.26. The number of nitrogens with zero attached hydrogens (tertiary/aromatic N) is 2. The first-order chi connectivity index (χ1) is 8.35. The van der Waals surface area contributed by atoms with Crippen molar-refractivity contribution in [3.63, 3.8) is 0 Å². The molecule has 0 radical (unpaired) electrons. The molecule has 0 bridgehead atoms. The van der Waals surface area contributed by atoms with E-state index in [4.69, 9.17) is 15.7 Å². The summed E-state index contributed by atoms with van der Waals surface area (Å²) in [5.74, 6) is 0.474. The Morgan fingerprint density at radius 2 is 2.24 bits per heavy atom. The van der Waals surface area contributed by atoms with Gasteiger partial charge in [0.25, 0.3) is 0 Å². The lowest BCUT2D eigenvalue weighted by Gasteiger charge is -2.16. The summed E-state index contributed by atoms with van der Waals surface area (Å²) in [5.41, 5.74) is 8.26. The molecule has 0 unspecified atom stereocenters. The van der Waals surface area contributed by atoms with E-state index in [-0.39, 0.29) is 0 Å². The van der Waals surface area contributed by atoms with Gasteiger partial charge in [-0.1, -0.05) is 0 Å². The molecule has 1 heterocycles. The largest absolute Gasteiger partial charge is 0.477 e. The monoisotopic (exact) mass is 231 g/mol. The van der Waals surface area contributed by atoms with E-state index in [0.717, 1.165) is 25.0 Å². The Bertz CT molecular complexity index is 437. The van der Waals surface area contributed by atoms with E-state index in [0.29, 0.717) is 24.6 Å². The van der Waals surface area contributed by atoms with Crippen molar-refractivity contribution >= 4 is 0 Å². The van der Waals surface area contributed by atoms with Gasteiger partial charge in [0.2, 0.25) is 5.88 Å². The Kier molecular flexibility index (Phi) is 3.94. The van der Waals surface area contributed by atoms with Crippen LogP contribution >= 0.6 is 0 Å². The molecule has 17 heavy (non-hydrogen) atoms. The molecule has 0 fully saturated rings. The first kappa shape index (κ1) is 11.9. The Hall–Kier alpha value is -1.60. The summed E-state index contributed by atoms with van der Waals surface area (Å²) < 4.78 is 5.52. The van der Waals surface area contributed by atoms with Gasteiger partial charge in [-0.05, 0) is 50.3 Å². The van der Waals surface area contributed by atoms with Crippen molar-refractivity contribution in [3.8, 4) is 11.9 Å². The number of hydrogen-bond donors (Lipinski definition) is 1. The lowest BCUT2D eigenvalue weighted by molar-refractivity contribution is 0.299. The summed E-state index contributed by atoms with van der Waals surface area (Å²) in [7, 11) is 0. The van der Waals surface area contributed by atoms with Gasteiger partial charge in [-0.25, -0.2) is 4.98 Å². The van der Waals surface area contributed by atoms with Gasteiger partial charge in [0.1, 0.15) is 11.6 Å². The molecule has 90 valence electrons. The molecule has 2 N–H and O–H groups in total. The number of pyridine rings is 1. The third-order valence-electron chi connectivity index (χ3n) is 2.97. The fraction of sp³-hybridized carbons (Fsp3) is 0.538. The van der Waals surface area contributed by atoms with Gasteiger partial charge < -0.3 is 10.5 Å². The van der Waals surface area contributed by atoms with Gasteiger partial charge >= 0.3 is 0 Å². The van der Waals surface area contributed by atoms with Gasteiger partial charge in [0.15, 0.2) is 0 Å². The Labute approximate surface area is 101 Å². The van der Waals surface area contributed by atoms with E-state index in [1.165, 1.54) is 18.4 Å². The zero-order chi connectivity index (χ0) is 12.1. The summed E-state index contributed by atoms with van der Waals surface area (Å²) in [6.45, 7) is 1.11. The molecule has 0 spiro atoms. The Morgan fingerprint density at radius 1 is 1.41 bits per heavy atom. The zero-order valence-electron chi connectivity index (χ0n) is 9.91. The molecule has 0 saturated carbocycles. The summed E-state index contributed by atoms with van der Waals surface area (Å²) in [4.78, 5) is 4.47. The third-order valence-corrected chi connectivity index (χ3v) is 2.97. The molecule has 2 rings (SSSR count). The van der Waals surface area contributed by atoms with Crippen LogP contribution < -0.4 is 10.5 Å². The number of fused-ring (bicyclic) bond motifs is 1. The van der Waals surface area contributed by atoms with Gasteiger partial charge in [-0.2, -0.15) is 5.26 Å². The van der Waals surface area contributed by atoms with Crippen molar-refractivity contribution in [2.75, 3.05) is 13.2 Å². The second-order valence-electron chi connectivity index (χ2n) is 4.26. The van der Waals surface area contributed by atoms with E-state index < -0.39 is 0 Å². The highest BCUT2D eigenvalue weighted by Gasteiger charge is 2.15. The summed E-state index contributed by atoms with van der Waals surface area (Å²) in [6, 6.07) is 4.08. The zero-order valence-corrected chi connectivity index (χ0v) is 9.91. The molecule has 1 aliphatic carbocycles. The number of aromatic nitrogens is 1. The predicted octanol–water partition coefficient (Wildman–Crippen LogP) is 1.56. The number of aryl methyl sites for hydroxylation is 2. The van der Waals surface area contributed by atoms with Crippen LogP contribution in [0.5, 0.6) is 5.88 Å². The molecule has 4 nitrogen and oxygen atoms in total. The highest BCUT2D eigenvalue weighted by Crippen LogP contribution is 2.25. The minimum atomic E-state index is 0.474. The number of ether oxygens (including phenoxy) is 1. The molecule has 0 atom stereocenters. The van der Waals surface area contributed by atoms with Crippen LogP contribution in [-0.2, 0) is 12.8 Å². The average Bonchev–Trinajstić information content (AvgIpc) is 2.38. The van der Waals surface area contributed by atoms with Crippen molar-refractivity contribution in [3.05, 3.63) is 22.9 Å². The van der Waals surface area contributed by atoms with Crippen molar-refractivity contribution in [1.29, 1.82) is 5.26 Å².